The van der Waals surface area contributed by atoms with Crippen LogP contribution in [0.2, 0.25) is 0 Å². The van der Waals surface area contributed by atoms with Crippen LogP contribution in [0.25, 0.3) is 0 Å². The summed E-state index contributed by atoms with van der Waals surface area (Å²) in [5, 5.41) is 3.11. The molecule has 2 N–H and O–H groups in total. The molecule has 5 rings (SSSR count). The summed E-state index contributed by atoms with van der Waals surface area (Å²) in [4.78, 5) is 16.2. The maximum Gasteiger partial charge on any atom is 0.235 e. The number of para-hydroxylation sites is 1. The number of methoxy groups -OCH3 is 1. The Hall–Kier alpha value is -2.42. The van der Waals surface area contributed by atoms with Crippen LogP contribution in [0, 0.1) is 0 Å². The van der Waals surface area contributed by atoms with Crippen LogP contribution in [-0.2, 0) is 14.9 Å². The number of carbonyl (C=O) groups is 1. The van der Waals surface area contributed by atoms with Crippen molar-refractivity contribution in [1.29, 1.82) is 0 Å². The van der Waals surface area contributed by atoms with Crippen molar-refractivity contribution in [2.45, 2.75) is 29.6 Å². The normalized spacial score (nSPS) is 19.2. The van der Waals surface area contributed by atoms with Crippen LogP contribution in [0.15, 0.2) is 41.3 Å². The Morgan fingerprint density at radius 1 is 1.19 bits per heavy atom. The van der Waals surface area contributed by atoms with Crippen LogP contribution >= 0.6 is 11.9 Å². The average Bonchev–Trinajstić information content (AvgIpc) is 3.11. The third kappa shape index (κ3) is 4.02. The van der Waals surface area contributed by atoms with Crippen molar-refractivity contribution in [3.8, 4) is 11.5 Å². The van der Waals surface area contributed by atoms with Crippen molar-refractivity contribution in [2.75, 3.05) is 56.6 Å². The fourth-order valence-corrected chi connectivity index (χ4v) is 5.35. The highest BCUT2D eigenvalue weighted by molar-refractivity contribution is 8.00. The van der Waals surface area contributed by atoms with Gasteiger partial charge in [0.25, 0.3) is 0 Å². The van der Waals surface area contributed by atoms with Gasteiger partial charge in [-0.2, -0.15) is 0 Å². The molecule has 0 atom stereocenters. The number of amides is 1. The van der Waals surface area contributed by atoms with Crippen molar-refractivity contribution < 1.29 is 19.0 Å². The summed E-state index contributed by atoms with van der Waals surface area (Å²) in [5.41, 5.74) is 2.42. The molecule has 3 aliphatic rings. The van der Waals surface area contributed by atoms with Gasteiger partial charge in [-0.25, -0.2) is 0 Å². The van der Waals surface area contributed by atoms with E-state index in [1.54, 1.807) is 7.11 Å². The largest absolute Gasteiger partial charge is 0.496 e. The number of benzene rings is 2. The molecular formula is C24H29N3O4S. The minimum atomic E-state index is -0.398. The maximum atomic E-state index is 12.9. The lowest BCUT2D eigenvalue weighted by atomic mass is 9.65. The Morgan fingerprint density at radius 3 is 2.75 bits per heavy atom. The minimum absolute atomic E-state index is 0.103. The second-order valence-corrected chi connectivity index (χ2v) is 9.29. The summed E-state index contributed by atoms with van der Waals surface area (Å²) in [7, 11) is 1.67. The highest BCUT2D eigenvalue weighted by Gasteiger charge is 2.52. The van der Waals surface area contributed by atoms with Gasteiger partial charge in [0.1, 0.15) is 18.1 Å². The zero-order valence-electron chi connectivity index (χ0n) is 18.3. The predicted molar refractivity (Wildman–Crippen MR) is 126 cm³/mol. The summed E-state index contributed by atoms with van der Waals surface area (Å²) in [6.07, 6.45) is 2.86. The van der Waals surface area contributed by atoms with Gasteiger partial charge in [-0.15, -0.1) is 0 Å². The Morgan fingerprint density at radius 2 is 2.00 bits per heavy atom. The lowest BCUT2D eigenvalue weighted by molar-refractivity contribution is -0.123. The lowest BCUT2D eigenvalue weighted by Gasteiger charge is -2.36. The van der Waals surface area contributed by atoms with E-state index in [-0.39, 0.29) is 5.91 Å². The van der Waals surface area contributed by atoms with E-state index in [0.717, 1.165) is 85.4 Å². The zero-order chi connectivity index (χ0) is 22.0. The lowest BCUT2D eigenvalue weighted by Crippen LogP contribution is -2.40. The first-order chi connectivity index (χ1) is 15.7. The van der Waals surface area contributed by atoms with E-state index in [0.29, 0.717) is 6.61 Å². The van der Waals surface area contributed by atoms with Crippen molar-refractivity contribution in [2.24, 2.45) is 0 Å². The number of ether oxygens (including phenoxy) is 3. The Kier molecular flexibility index (Phi) is 6.17. The molecule has 0 aromatic heterocycles. The van der Waals surface area contributed by atoms with E-state index in [4.69, 9.17) is 14.2 Å². The number of hydrogen-bond donors (Lipinski definition) is 2. The highest BCUT2D eigenvalue weighted by Crippen LogP contribution is 2.54. The molecule has 170 valence electrons. The summed E-state index contributed by atoms with van der Waals surface area (Å²) in [5.74, 6) is 1.66. The first-order valence-electron chi connectivity index (χ1n) is 11.2. The van der Waals surface area contributed by atoms with Gasteiger partial charge in [-0.1, -0.05) is 18.6 Å². The Balaban J connectivity index is 1.36. The first kappa shape index (κ1) is 21.4. The third-order valence-electron chi connectivity index (χ3n) is 6.61. The predicted octanol–water partition coefficient (Wildman–Crippen LogP) is 3.90. The van der Waals surface area contributed by atoms with Gasteiger partial charge in [-0.05, 0) is 48.6 Å². The summed E-state index contributed by atoms with van der Waals surface area (Å²) >= 11 is 1.49. The van der Waals surface area contributed by atoms with E-state index in [9.17, 15) is 4.79 Å². The van der Waals surface area contributed by atoms with E-state index >= 15 is 0 Å². The average molecular weight is 456 g/mol. The SMILES string of the molecule is COc1ccccc1SNc1cc(OCCN2CCOCC2)c2c(c1)C1(CCC1)C(=O)N2. The molecule has 2 heterocycles. The molecule has 7 nitrogen and oxygen atoms in total. The fourth-order valence-electron chi connectivity index (χ4n) is 4.60. The van der Waals surface area contributed by atoms with Gasteiger partial charge in [0, 0.05) is 31.4 Å². The number of fused-ring (bicyclic) bond motifs is 2. The molecule has 1 saturated heterocycles. The third-order valence-corrected chi connectivity index (χ3v) is 7.51. The van der Waals surface area contributed by atoms with E-state index < -0.39 is 5.41 Å². The summed E-state index contributed by atoms with van der Waals surface area (Å²) in [6.45, 7) is 4.81. The number of rotatable bonds is 8. The van der Waals surface area contributed by atoms with Gasteiger partial charge in [0.2, 0.25) is 5.91 Å². The number of hydrogen-bond acceptors (Lipinski definition) is 7. The minimum Gasteiger partial charge on any atom is -0.496 e. The number of morpholine rings is 1. The molecule has 32 heavy (non-hydrogen) atoms. The number of nitrogens with one attached hydrogen (secondary N) is 2. The Bertz CT molecular complexity index is 989. The van der Waals surface area contributed by atoms with Gasteiger partial charge in [0.15, 0.2) is 0 Å². The molecule has 1 saturated carbocycles. The molecular weight excluding hydrogens is 426 g/mol. The molecule has 2 aliphatic heterocycles. The number of carbonyl (C=O) groups excluding carboxylic acids is 1. The van der Waals surface area contributed by atoms with Gasteiger partial charge >= 0.3 is 0 Å². The van der Waals surface area contributed by atoms with Crippen molar-refractivity contribution >= 4 is 29.2 Å². The van der Waals surface area contributed by atoms with E-state index in [2.05, 4.69) is 21.0 Å². The number of anilines is 2. The quantitative estimate of drug-likeness (QED) is 0.585. The monoisotopic (exact) mass is 455 g/mol. The van der Waals surface area contributed by atoms with Crippen LogP contribution in [-0.4, -0.2) is 57.4 Å². The van der Waals surface area contributed by atoms with Crippen LogP contribution in [0.1, 0.15) is 24.8 Å². The molecule has 1 amide bonds. The second kappa shape index (κ2) is 9.21. The number of nitrogens with zero attached hydrogens (tertiary/aromatic N) is 1. The summed E-state index contributed by atoms with van der Waals surface area (Å²) < 4.78 is 20.6. The maximum absolute atomic E-state index is 12.9. The topological polar surface area (TPSA) is 72.1 Å². The molecule has 2 aromatic carbocycles. The van der Waals surface area contributed by atoms with Gasteiger partial charge in [-0.3, -0.25) is 9.69 Å². The van der Waals surface area contributed by atoms with Gasteiger partial charge in [0.05, 0.1) is 36.3 Å². The van der Waals surface area contributed by atoms with Crippen LogP contribution in [0.4, 0.5) is 11.4 Å². The molecule has 1 aliphatic carbocycles. The van der Waals surface area contributed by atoms with E-state index in [1.165, 1.54) is 11.9 Å². The van der Waals surface area contributed by atoms with Crippen LogP contribution < -0.4 is 19.5 Å². The molecule has 0 radical (unpaired) electrons. The molecule has 0 unspecified atom stereocenters. The highest BCUT2D eigenvalue weighted by atomic mass is 32.2. The fraction of sp³-hybridized carbons (Fsp3) is 0.458. The molecule has 8 heteroatoms. The molecule has 0 bridgehead atoms. The zero-order valence-corrected chi connectivity index (χ0v) is 19.1. The molecule has 2 fully saturated rings. The van der Waals surface area contributed by atoms with Gasteiger partial charge < -0.3 is 24.2 Å². The van der Waals surface area contributed by atoms with Crippen molar-refractivity contribution in [1.82, 2.24) is 4.90 Å². The van der Waals surface area contributed by atoms with Crippen LogP contribution in [0.3, 0.4) is 0 Å². The van der Waals surface area contributed by atoms with E-state index in [1.807, 2.05) is 30.3 Å². The second-order valence-electron chi connectivity index (χ2n) is 8.44. The first-order valence-corrected chi connectivity index (χ1v) is 12.0. The smallest absolute Gasteiger partial charge is 0.235 e. The van der Waals surface area contributed by atoms with Crippen molar-refractivity contribution in [3.05, 3.63) is 42.0 Å². The molecule has 1 spiro atoms. The Labute approximate surface area is 192 Å². The van der Waals surface area contributed by atoms with Crippen molar-refractivity contribution in [3.63, 3.8) is 0 Å². The van der Waals surface area contributed by atoms with Crippen LogP contribution in [0.5, 0.6) is 11.5 Å². The standard InChI is InChI=1S/C24H29N3O4S/c1-29-19-5-2-3-6-21(19)32-26-17-15-18-22(25-23(28)24(18)7-4-8-24)20(16-17)31-14-11-27-9-12-30-13-10-27/h2-3,5-6,15-16,26H,4,7-14H2,1H3,(H,25,28). The molecule has 2 aromatic rings. The summed E-state index contributed by atoms with van der Waals surface area (Å²) in [6, 6.07) is 12.0.